The number of likely N-dealkylation sites (N-methyl/N-ethyl adjacent to an activating group) is 1. The molecule has 18 heavy (non-hydrogen) atoms. The number of carbonyl (C=O) groups excluding carboxylic acids is 1. The fraction of sp³-hybridized carbons (Fsp3) is 0.714. The molecule has 1 atom stereocenters. The molecule has 0 spiro atoms. The average molecular weight is 249 g/mol. The van der Waals surface area contributed by atoms with Crippen LogP contribution in [0.15, 0.2) is 12.7 Å². The second-order valence-electron chi connectivity index (χ2n) is 5.27. The largest absolute Gasteiger partial charge is 0.340 e. The zero-order chi connectivity index (χ0) is 13.6. The van der Waals surface area contributed by atoms with Crippen molar-refractivity contribution in [3.63, 3.8) is 0 Å². The molecule has 1 heterocycles. The van der Waals surface area contributed by atoms with E-state index in [1.54, 1.807) is 6.08 Å². The summed E-state index contributed by atoms with van der Waals surface area (Å²) in [5.74, 6) is 0.215. The predicted molar refractivity (Wildman–Crippen MR) is 71.8 cm³/mol. The first-order valence-electron chi connectivity index (χ1n) is 6.52. The minimum absolute atomic E-state index is 0.215. The van der Waals surface area contributed by atoms with E-state index in [2.05, 4.69) is 24.6 Å². The van der Waals surface area contributed by atoms with Gasteiger partial charge in [0.05, 0.1) is 11.5 Å². The maximum absolute atomic E-state index is 12.0. The van der Waals surface area contributed by atoms with Gasteiger partial charge in [-0.25, -0.2) is 0 Å². The SMILES string of the molecule is C=CC(C)(C#N)CCCC(=O)N1CCN(C)CC1. The van der Waals surface area contributed by atoms with Crippen molar-refractivity contribution < 1.29 is 4.79 Å². The van der Waals surface area contributed by atoms with E-state index in [0.29, 0.717) is 12.8 Å². The van der Waals surface area contributed by atoms with E-state index in [4.69, 9.17) is 5.26 Å². The van der Waals surface area contributed by atoms with Crippen molar-refractivity contribution >= 4 is 5.91 Å². The second kappa shape index (κ2) is 6.55. The minimum atomic E-state index is -0.498. The number of hydrogen-bond acceptors (Lipinski definition) is 3. The molecule has 4 nitrogen and oxygen atoms in total. The Kier molecular flexibility index (Phi) is 5.36. The molecule has 4 heteroatoms. The molecule has 1 saturated heterocycles. The van der Waals surface area contributed by atoms with Crippen LogP contribution < -0.4 is 0 Å². The van der Waals surface area contributed by atoms with Crippen LogP contribution in [0.25, 0.3) is 0 Å². The number of allylic oxidation sites excluding steroid dienone is 1. The lowest BCUT2D eigenvalue weighted by atomic mass is 9.87. The second-order valence-corrected chi connectivity index (χ2v) is 5.27. The van der Waals surface area contributed by atoms with E-state index >= 15 is 0 Å². The highest BCUT2D eigenvalue weighted by Crippen LogP contribution is 2.24. The molecule has 100 valence electrons. The van der Waals surface area contributed by atoms with Crippen molar-refractivity contribution in [3.05, 3.63) is 12.7 Å². The molecular formula is C14H23N3O. The highest BCUT2D eigenvalue weighted by Gasteiger charge is 2.22. The first kappa shape index (κ1) is 14.7. The van der Waals surface area contributed by atoms with Crippen LogP contribution in [0.1, 0.15) is 26.2 Å². The summed E-state index contributed by atoms with van der Waals surface area (Å²) in [6.07, 6.45) is 3.66. The smallest absolute Gasteiger partial charge is 0.222 e. The molecule has 1 aliphatic rings. The Hall–Kier alpha value is -1.34. The van der Waals surface area contributed by atoms with Gasteiger partial charge < -0.3 is 9.80 Å². The van der Waals surface area contributed by atoms with Crippen molar-refractivity contribution in [3.8, 4) is 6.07 Å². The monoisotopic (exact) mass is 249 g/mol. The van der Waals surface area contributed by atoms with Gasteiger partial charge in [-0.2, -0.15) is 5.26 Å². The Balaban J connectivity index is 2.30. The molecular weight excluding hydrogens is 226 g/mol. The van der Waals surface area contributed by atoms with E-state index < -0.39 is 5.41 Å². The van der Waals surface area contributed by atoms with Crippen LogP contribution in [-0.2, 0) is 4.79 Å². The summed E-state index contributed by atoms with van der Waals surface area (Å²) in [6.45, 7) is 9.09. The molecule has 0 aromatic heterocycles. The van der Waals surface area contributed by atoms with Crippen molar-refractivity contribution in [1.82, 2.24) is 9.80 Å². The van der Waals surface area contributed by atoms with Crippen LogP contribution in [0.4, 0.5) is 0 Å². The first-order valence-corrected chi connectivity index (χ1v) is 6.52. The quantitative estimate of drug-likeness (QED) is 0.696. The van der Waals surface area contributed by atoms with Crippen LogP contribution in [0.5, 0.6) is 0 Å². The zero-order valence-electron chi connectivity index (χ0n) is 11.5. The topological polar surface area (TPSA) is 47.3 Å². The van der Waals surface area contributed by atoms with Crippen molar-refractivity contribution in [2.75, 3.05) is 33.2 Å². The van der Waals surface area contributed by atoms with E-state index in [0.717, 1.165) is 32.6 Å². The number of nitrogens with zero attached hydrogens (tertiary/aromatic N) is 3. The molecule has 1 fully saturated rings. The molecule has 0 radical (unpaired) electrons. The summed E-state index contributed by atoms with van der Waals surface area (Å²) in [5, 5.41) is 9.01. The number of piperazine rings is 1. The van der Waals surface area contributed by atoms with E-state index in [9.17, 15) is 4.79 Å². The van der Waals surface area contributed by atoms with E-state index in [1.807, 2.05) is 11.8 Å². The Morgan fingerprint density at radius 2 is 2.06 bits per heavy atom. The third-order valence-electron chi connectivity index (χ3n) is 3.65. The van der Waals surface area contributed by atoms with Gasteiger partial charge in [-0.3, -0.25) is 4.79 Å². The van der Waals surface area contributed by atoms with E-state index in [-0.39, 0.29) is 5.91 Å². The summed E-state index contributed by atoms with van der Waals surface area (Å²) in [5.41, 5.74) is -0.498. The summed E-state index contributed by atoms with van der Waals surface area (Å²) >= 11 is 0. The lowest BCUT2D eigenvalue weighted by molar-refractivity contribution is -0.132. The lowest BCUT2D eigenvalue weighted by Gasteiger charge is -2.32. The van der Waals surface area contributed by atoms with Crippen molar-refractivity contribution in [2.45, 2.75) is 26.2 Å². The van der Waals surface area contributed by atoms with Crippen LogP contribution in [-0.4, -0.2) is 48.9 Å². The standard InChI is InChI=1S/C14H23N3O/c1-4-14(2,12-15)7-5-6-13(18)17-10-8-16(3)9-11-17/h4H,1,5-11H2,2-3H3. The van der Waals surface area contributed by atoms with Gasteiger partial charge in [0.25, 0.3) is 0 Å². The van der Waals surface area contributed by atoms with E-state index in [1.165, 1.54) is 0 Å². The fourth-order valence-electron chi connectivity index (χ4n) is 2.02. The highest BCUT2D eigenvalue weighted by molar-refractivity contribution is 5.76. The Morgan fingerprint density at radius 3 is 2.56 bits per heavy atom. The highest BCUT2D eigenvalue weighted by atomic mass is 16.2. The number of carbonyl (C=O) groups is 1. The molecule has 0 saturated carbocycles. The van der Waals surface area contributed by atoms with Crippen LogP contribution in [0, 0.1) is 16.7 Å². The molecule has 1 amide bonds. The summed E-state index contributed by atoms with van der Waals surface area (Å²) < 4.78 is 0. The van der Waals surface area contributed by atoms with Crippen LogP contribution in [0.2, 0.25) is 0 Å². The molecule has 0 aromatic rings. The molecule has 1 unspecified atom stereocenters. The molecule has 0 aromatic carbocycles. The molecule has 0 bridgehead atoms. The summed E-state index contributed by atoms with van der Waals surface area (Å²) in [4.78, 5) is 16.1. The van der Waals surface area contributed by atoms with Gasteiger partial charge in [-0.05, 0) is 26.8 Å². The molecule has 0 aliphatic carbocycles. The molecule has 1 aliphatic heterocycles. The first-order chi connectivity index (χ1) is 8.50. The van der Waals surface area contributed by atoms with Gasteiger partial charge in [0.1, 0.15) is 0 Å². The number of amides is 1. The average Bonchev–Trinajstić information content (AvgIpc) is 2.39. The van der Waals surface area contributed by atoms with Gasteiger partial charge >= 0.3 is 0 Å². The van der Waals surface area contributed by atoms with Gasteiger partial charge in [-0.1, -0.05) is 6.08 Å². The van der Waals surface area contributed by atoms with Gasteiger partial charge in [0, 0.05) is 32.6 Å². The number of rotatable bonds is 5. The Morgan fingerprint density at radius 1 is 1.44 bits per heavy atom. The molecule has 1 rings (SSSR count). The number of hydrogen-bond donors (Lipinski definition) is 0. The predicted octanol–water partition coefficient (Wildman–Crippen LogP) is 1.65. The maximum atomic E-state index is 12.0. The van der Waals surface area contributed by atoms with Crippen molar-refractivity contribution in [2.24, 2.45) is 5.41 Å². The number of nitriles is 1. The van der Waals surface area contributed by atoms with Gasteiger partial charge in [0.2, 0.25) is 5.91 Å². The van der Waals surface area contributed by atoms with Gasteiger partial charge in [-0.15, -0.1) is 6.58 Å². The lowest BCUT2D eigenvalue weighted by Crippen LogP contribution is -2.47. The Bertz CT molecular complexity index is 339. The minimum Gasteiger partial charge on any atom is -0.340 e. The zero-order valence-corrected chi connectivity index (χ0v) is 11.5. The van der Waals surface area contributed by atoms with Crippen LogP contribution in [0.3, 0.4) is 0 Å². The summed E-state index contributed by atoms with van der Waals surface area (Å²) in [7, 11) is 2.07. The maximum Gasteiger partial charge on any atom is 0.222 e. The van der Waals surface area contributed by atoms with Crippen molar-refractivity contribution in [1.29, 1.82) is 5.26 Å². The summed E-state index contributed by atoms with van der Waals surface area (Å²) in [6, 6.07) is 2.24. The Labute approximate surface area is 110 Å². The normalized spacial score (nSPS) is 19.9. The molecule has 0 N–H and O–H groups in total. The van der Waals surface area contributed by atoms with Crippen LogP contribution >= 0.6 is 0 Å². The van der Waals surface area contributed by atoms with Gasteiger partial charge in [0.15, 0.2) is 0 Å². The third kappa shape index (κ3) is 4.15. The third-order valence-corrected chi connectivity index (χ3v) is 3.65. The fourth-order valence-corrected chi connectivity index (χ4v) is 2.02.